The summed E-state index contributed by atoms with van der Waals surface area (Å²) in [5, 5.41) is 0. The van der Waals surface area contributed by atoms with E-state index < -0.39 is 16.1 Å². The van der Waals surface area contributed by atoms with E-state index in [1.807, 2.05) is 61.5 Å². The third kappa shape index (κ3) is 5.30. The number of methoxy groups -OCH3 is 1. The molecule has 1 fully saturated rings. The Labute approximate surface area is 200 Å². The fraction of sp³-hybridized carbons (Fsp3) is 0.269. The Morgan fingerprint density at radius 3 is 2.26 bits per heavy atom. The number of nitrogens with one attached hydrogen (secondary N) is 1. The van der Waals surface area contributed by atoms with Crippen molar-refractivity contribution in [2.24, 2.45) is 0 Å². The van der Waals surface area contributed by atoms with Gasteiger partial charge in [0.25, 0.3) is 5.91 Å². The molecule has 1 amide bonds. The Hall–Kier alpha value is -3.20. The average Bonchev–Trinajstić information content (AvgIpc) is 2.88. The normalized spacial score (nSPS) is 15.1. The van der Waals surface area contributed by atoms with Crippen molar-refractivity contribution < 1.29 is 22.7 Å². The number of benzene rings is 3. The predicted molar refractivity (Wildman–Crippen MR) is 130 cm³/mol. The lowest BCUT2D eigenvalue weighted by molar-refractivity contribution is 0.0300. The van der Waals surface area contributed by atoms with E-state index in [1.165, 1.54) is 25.3 Å². The van der Waals surface area contributed by atoms with E-state index in [2.05, 4.69) is 4.72 Å². The van der Waals surface area contributed by atoms with E-state index in [1.54, 1.807) is 4.90 Å². The molecule has 0 bridgehead atoms. The van der Waals surface area contributed by atoms with Gasteiger partial charge in [-0.1, -0.05) is 60.2 Å². The maximum Gasteiger partial charge on any atom is 0.257 e. The molecule has 1 atom stereocenters. The molecule has 3 aromatic carbocycles. The van der Waals surface area contributed by atoms with Crippen LogP contribution < -0.4 is 9.46 Å². The first-order chi connectivity index (χ1) is 16.4. The van der Waals surface area contributed by atoms with E-state index in [0.29, 0.717) is 32.1 Å². The molecule has 0 spiro atoms. The van der Waals surface area contributed by atoms with Crippen LogP contribution in [-0.4, -0.2) is 52.6 Å². The number of sulfonamides is 1. The summed E-state index contributed by atoms with van der Waals surface area (Å²) in [5.74, 6) is 0.0453. The molecule has 0 aromatic heterocycles. The highest BCUT2D eigenvalue weighted by atomic mass is 32.2. The van der Waals surface area contributed by atoms with Gasteiger partial charge in [-0.15, -0.1) is 0 Å². The molecule has 1 aliphatic rings. The third-order valence-corrected chi connectivity index (χ3v) is 7.25. The minimum atomic E-state index is -3.98. The van der Waals surface area contributed by atoms with Gasteiger partial charge in [0.1, 0.15) is 5.75 Å². The van der Waals surface area contributed by atoms with Crippen LogP contribution in [0.5, 0.6) is 5.75 Å². The second kappa shape index (κ2) is 10.4. The van der Waals surface area contributed by atoms with Crippen molar-refractivity contribution in [1.29, 1.82) is 0 Å². The molecule has 1 aliphatic heterocycles. The maximum absolute atomic E-state index is 13.5. The lowest BCUT2D eigenvalue weighted by Gasteiger charge is -2.27. The first-order valence-electron chi connectivity index (χ1n) is 11.1. The zero-order valence-electron chi connectivity index (χ0n) is 19.2. The number of carbonyl (C=O) groups is 1. The number of hydrogen-bond donors (Lipinski definition) is 1. The molecule has 1 saturated heterocycles. The molecular weight excluding hydrogens is 452 g/mol. The summed E-state index contributed by atoms with van der Waals surface area (Å²) >= 11 is 0. The topological polar surface area (TPSA) is 84.9 Å². The van der Waals surface area contributed by atoms with Crippen molar-refractivity contribution in [2.75, 3.05) is 33.4 Å². The minimum absolute atomic E-state index is 0.00190. The van der Waals surface area contributed by atoms with Crippen LogP contribution in [0.4, 0.5) is 0 Å². The molecule has 7 nitrogen and oxygen atoms in total. The van der Waals surface area contributed by atoms with Gasteiger partial charge in [-0.3, -0.25) is 4.79 Å². The van der Waals surface area contributed by atoms with Crippen molar-refractivity contribution in [3.63, 3.8) is 0 Å². The monoisotopic (exact) mass is 480 g/mol. The van der Waals surface area contributed by atoms with E-state index in [0.717, 1.165) is 16.7 Å². The van der Waals surface area contributed by atoms with Gasteiger partial charge >= 0.3 is 0 Å². The van der Waals surface area contributed by atoms with Crippen LogP contribution in [-0.2, 0) is 14.8 Å². The first-order valence-corrected chi connectivity index (χ1v) is 12.6. The quantitative estimate of drug-likeness (QED) is 0.559. The first kappa shape index (κ1) is 23.9. The van der Waals surface area contributed by atoms with Crippen LogP contribution in [0, 0.1) is 6.92 Å². The van der Waals surface area contributed by atoms with Crippen LogP contribution in [0.1, 0.15) is 33.1 Å². The molecule has 1 heterocycles. The average molecular weight is 481 g/mol. The van der Waals surface area contributed by atoms with Crippen LogP contribution >= 0.6 is 0 Å². The molecule has 1 N–H and O–H groups in total. The molecule has 0 radical (unpaired) electrons. The zero-order chi connectivity index (χ0) is 24.1. The highest BCUT2D eigenvalue weighted by molar-refractivity contribution is 7.89. The van der Waals surface area contributed by atoms with Crippen molar-refractivity contribution in [2.45, 2.75) is 17.9 Å². The lowest BCUT2D eigenvalue weighted by atomic mass is 9.99. The van der Waals surface area contributed by atoms with E-state index in [4.69, 9.17) is 9.47 Å². The van der Waals surface area contributed by atoms with Crippen molar-refractivity contribution in [3.8, 4) is 5.75 Å². The van der Waals surface area contributed by atoms with Gasteiger partial charge in [-0.2, -0.15) is 4.72 Å². The Balaban J connectivity index is 1.69. The molecule has 8 heteroatoms. The Morgan fingerprint density at radius 1 is 0.971 bits per heavy atom. The maximum atomic E-state index is 13.5. The third-order valence-electron chi connectivity index (χ3n) is 5.83. The van der Waals surface area contributed by atoms with Crippen molar-refractivity contribution in [1.82, 2.24) is 9.62 Å². The standard InChI is InChI=1S/C26H28N2O5S/c1-19-8-10-21(11-9-19)25(20-6-4-3-5-7-20)27-34(30,31)22-12-13-24(32-2)23(18-22)26(29)28-14-16-33-17-15-28/h3-13,18,25,27H,14-17H2,1-2H3/t25-/m1/s1. The number of aryl methyl sites for hydroxylation is 1. The molecule has 0 saturated carbocycles. The smallest absolute Gasteiger partial charge is 0.257 e. The Kier molecular flexibility index (Phi) is 7.31. The summed E-state index contributed by atoms with van der Waals surface area (Å²) in [6, 6.07) is 20.9. The second-order valence-electron chi connectivity index (χ2n) is 8.14. The van der Waals surface area contributed by atoms with Gasteiger partial charge in [-0.25, -0.2) is 8.42 Å². The molecule has 178 valence electrons. The molecule has 3 aromatic rings. The molecule has 0 unspecified atom stereocenters. The van der Waals surface area contributed by atoms with Gasteiger partial charge in [0.2, 0.25) is 10.0 Å². The van der Waals surface area contributed by atoms with Crippen LogP contribution in [0.15, 0.2) is 77.7 Å². The summed E-state index contributed by atoms with van der Waals surface area (Å²) < 4.78 is 40.5. The highest BCUT2D eigenvalue weighted by Gasteiger charge is 2.27. The number of amides is 1. The van der Waals surface area contributed by atoms with Crippen LogP contribution in [0.3, 0.4) is 0 Å². The van der Waals surface area contributed by atoms with Gasteiger partial charge < -0.3 is 14.4 Å². The number of hydrogen-bond acceptors (Lipinski definition) is 5. The number of carbonyl (C=O) groups excluding carboxylic acids is 1. The lowest BCUT2D eigenvalue weighted by Crippen LogP contribution is -2.41. The zero-order valence-corrected chi connectivity index (χ0v) is 20.0. The van der Waals surface area contributed by atoms with Crippen molar-refractivity contribution >= 4 is 15.9 Å². The largest absolute Gasteiger partial charge is 0.496 e. The summed E-state index contributed by atoms with van der Waals surface area (Å²) in [6.45, 7) is 3.77. The summed E-state index contributed by atoms with van der Waals surface area (Å²) in [7, 11) is -2.52. The van der Waals surface area contributed by atoms with Gasteiger partial charge in [0.15, 0.2) is 0 Å². The minimum Gasteiger partial charge on any atom is -0.496 e. The van der Waals surface area contributed by atoms with E-state index in [9.17, 15) is 13.2 Å². The number of nitrogens with zero attached hydrogens (tertiary/aromatic N) is 1. The van der Waals surface area contributed by atoms with Gasteiger partial charge in [0, 0.05) is 13.1 Å². The molecule has 4 rings (SSSR count). The fourth-order valence-corrected chi connectivity index (χ4v) is 5.15. The Morgan fingerprint density at radius 2 is 1.62 bits per heavy atom. The molecule has 0 aliphatic carbocycles. The number of rotatable bonds is 7. The van der Waals surface area contributed by atoms with Crippen LogP contribution in [0.2, 0.25) is 0 Å². The van der Waals surface area contributed by atoms with Crippen molar-refractivity contribution in [3.05, 3.63) is 95.1 Å². The predicted octanol–water partition coefficient (Wildman–Crippen LogP) is 3.54. The van der Waals surface area contributed by atoms with E-state index in [-0.39, 0.29) is 16.4 Å². The van der Waals surface area contributed by atoms with Gasteiger partial charge in [-0.05, 0) is 36.2 Å². The number of ether oxygens (including phenoxy) is 2. The SMILES string of the molecule is COc1ccc(S(=O)(=O)N[C@H](c2ccccc2)c2ccc(C)cc2)cc1C(=O)N1CCOCC1. The molecular formula is C26H28N2O5S. The second-order valence-corrected chi connectivity index (χ2v) is 9.86. The summed E-state index contributed by atoms with van der Waals surface area (Å²) in [5.41, 5.74) is 2.92. The highest BCUT2D eigenvalue weighted by Crippen LogP contribution is 2.28. The number of morpholine rings is 1. The van der Waals surface area contributed by atoms with Crippen LogP contribution in [0.25, 0.3) is 0 Å². The summed E-state index contributed by atoms with van der Waals surface area (Å²) in [4.78, 5) is 14.8. The fourth-order valence-electron chi connectivity index (χ4n) is 3.91. The summed E-state index contributed by atoms with van der Waals surface area (Å²) in [6.07, 6.45) is 0. The van der Waals surface area contributed by atoms with Gasteiger partial charge in [0.05, 0.1) is 36.8 Å². The van der Waals surface area contributed by atoms with E-state index >= 15 is 0 Å². The Bertz CT molecular complexity index is 1240. The molecule has 34 heavy (non-hydrogen) atoms.